The first-order chi connectivity index (χ1) is 22.4. The molecule has 3 aromatic carbocycles. The SMILES string of the molecule is O=S(=O)(NCCN(CCNS(=O)(=O)c1cccc(C(F)(F)F)c1)CCNS(=O)(=O)c1cccc(C(F)(F)F)c1)c1cccc(C(F)(F)F)c1. The second kappa shape index (κ2) is 15.3. The van der Waals surface area contributed by atoms with Crippen LogP contribution in [0.2, 0.25) is 0 Å². The maximum Gasteiger partial charge on any atom is 0.416 e. The van der Waals surface area contributed by atoms with Gasteiger partial charge in [0.1, 0.15) is 0 Å². The highest BCUT2D eigenvalue weighted by Crippen LogP contribution is 2.32. The summed E-state index contributed by atoms with van der Waals surface area (Å²) in [5.74, 6) is 0. The van der Waals surface area contributed by atoms with Crippen molar-refractivity contribution in [2.75, 3.05) is 39.3 Å². The van der Waals surface area contributed by atoms with Gasteiger partial charge in [0.05, 0.1) is 31.4 Å². The lowest BCUT2D eigenvalue weighted by atomic mass is 10.2. The largest absolute Gasteiger partial charge is 0.416 e. The Labute approximate surface area is 275 Å². The average Bonchev–Trinajstić information content (AvgIpc) is 2.99. The summed E-state index contributed by atoms with van der Waals surface area (Å²) in [6.45, 7) is -2.43. The van der Waals surface area contributed by atoms with Crippen molar-refractivity contribution in [3.63, 3.8) is 0 Å². The van der Waals surface area contributed by atoms with E-state index in [2.05, 4.69) is 14.2 Å². The Balaban J connectivity index is 1.73. The van der Waals surface area contributed by atoms with E-state index < -0.39 is 99.6 Å². The molecule has 0 atom stereocenters. The maximum absolute atomic E-state index is 13.1. The summed E-state index contributed by atoms with van der Waals surface area (Å²) in [5.41, 5.74) is -3.71. The quantitative estimate of drug-likeness (QED) is 0.196. The van der Waals surface area contributed by atoms with Crippen molar-refractivity contribution in [2.24, 2.45) is 0 Å². The molecule has 0 saturated heterocycles. The molecule has 0 heterocycles. The van der Waals surface area contributed by atoms with Gasteiger partial charge in [0.2, 0.25) is 30.1 Å². The Hall–Kier alpha value is -3.28. The predicted molar refractivity (Wildman–Crippen MR) is 156 cm³/mol. The lowest BCUT2D eigenvalue weighted by molar-refractivity contribution is -0.138. The third-order valence-corrected chi connectivity index (χ3v) is 11.0. The van der Waals surface area contributed by atoms with Crippen LogP contribution in [0.1, 0.15) is 16.7 Å². The highest BCUT2D eigenvalue weighted by atomic mass is 32.2. The Morgan fingerprint density at radius 3 is 0.918 bits per heavy atom. The Bertz CT molecular complexity index is 1710. The van der Waals surface area contributed by atoms with Crippen LogP contribution in [0.4, 0.5) is 39.5 Å². The van der Waals surface area contributed by atoms with E-state index in [0.717, 1.165) is 36.4 Å². The Kier molecular flexibility index (Phi) is 12.5. The number of halogens is 9. The lowest BCUT2D eigenvalue weighted by Gasteiger charge is -2.23. The molecule has 22 heteroatoms. The van der Waals surface area contributed by atoms with Crippen molar-refractivity contribution in [3.8, 4) is 0 Å². The summed E-state index contributed by atoms with van der Waals surface area (Å²) in [4.78, 5) is -0.900. The van der Waals surface area contributed by atoms with Gasteiger partial charge in [-0.05, 0) is 54.6 Å². The van der Waals surface area contributed by atoms with Crippen LogP contribution < -0.4 is 14.2 Å². The minimum absolute atomic E-state index is 0.311. The molecule has 49 heavy (non-hydrogen) atoms. The summed E-state index contributed by atoms with van der Waals surface area (Å²) in [5, 5.41) is 0. The molecule has 0 fully saturated rings. The third-order valence-electron chi connectivity index (χ3n) is 6.58. The highest BCUT2D eigenvalue weighted by Gasteiger charge is 2.33. The van der Waals surface area contributed by atoms with Gasteiger partial charge in [-0.2, -0.15) is 39.5 Å². The van der Waals surface area contributed by atoms with Crippen LogP contribution in [-0.4, -0.2) is 69.4 Å². The van der Waals surface area contributed by atoms with E-state index in [-0.39, 0.29) is 19.6 Å². The van der Waals surface area contributed by atoms with Gasteiger partial charge < -0.3 is 0 Å². The normalized spacial score (nSPS) is 13.6. The van der Waals surface area contributed by atoms with E-state index in [1.54, 1.807) is 0 Å². The topological polar surface area (TPSA) is 142 Å². The van der Waals surface area contributed by atoms with Crippen LogP contribution in [0.15, 0.2) is 87.5 Å². The zero-order valence-electron chi connectivity index (χ0n) is 24.7. The maximum atomic E-state index is 13.1. The predicted octanol–water partition coefficient (Wildman–Crippen LogP) is 4.28. The number of alkyl halides is 9. The van der Waals surface area contributed by atoms with E-state index in [9.17, 15) is 64.8 Å². The molecule has 0 spiro atoms. The monoisotopic (exact) mass is 770 g/mol. The fraction of sp³-hybridized carbons (Fsp3) is 0.333. The van der Waals surface area contributed by atoms with Crippen LogP contribution in [-0.2, 0) is 48.6 Å². The van der Waals surface area contributed by atoms with Gasteiger partial charge in [0, 0.05) is 39.3 Å². The van der Waals surface area contributed by atoms with Crippen molar-refractivity contribution in [1.82, 2.24) is 19.1 Å². The number of hydrogen-bond donors (Lipinski definition) is 3. The van der Waals surface area contributed by atoms with E-state index in [0.29, 0.717) is 36.4 Å². The minimum Gasteiger partial charge on any atom is -0.299 e. The Morgan fingerprint density at radius 2 is 0.694 bits per heavy atom. The number of sulfonamides is 3. The first-order valence-corrected chi connectivity index (χ1v) is 18.1. The molecule has 3 rings (SSSR count). The second-order valence-corrected chi connectivity index (χ2v) is 15.4. The summed E-state index contributed by atoms with van der Waals surface area (Å²) < 4.78 is 200. The fourth-order valence-corrected chi connectivity index (χ4v) is 7.32. The molecule has 10 nitrogen and oxygen atoms in total. The van der Waals surface area contributed by atoms with E-state index in [1.807, 2.05) is 0 Å². The first kappa shape index (κ1) is 40.2. The molecule has 0 amide bonds. The van der Waals surface area contributed by atoms with E-state index in [4.69, 9.17) is 0 Å². The highest BCUT2D eigenvalue weighted by molar-refractivity contribution is 7.90. The molecule has 0 aromatic heterocycles. The molecule has 3 N–H and O–H groups in total. The smallest absolute Gasteiger partial charge is 0.299 e. The van der Waals surface area contributed by atoms with Gasteiger partial charge in [0.15, 0.2) is 0 Å². The van der Waals surface area contributed by atoms with Crippen molar-refractivity contribution < 1.29 is 64.8 Å². The number of hydrogen-bond acceptors (Lipinski definition) is 7. The molecule has 3 aromatic rings. The summed E-state index contributed by atoms with van der Waals surface area (Å²) in [7, 11) is -13.5. The standard InChI is InChI=1S/C27H27F9N4O6S3/c28-25(29,30)19-4-1-7-22(16-19)47(41,42)37-10-13-40(14-11-38-48(43,44)23-8-2-5-20(17-23)26(31,32)33)15-12-39-49(45,46)24-9-3-6-21(18-24)27(34,35)36/h1-9,16-18,37-39H,10-15H2. The number of nitrogens with zero attached hydrogens (tertiary/aromatic N) is 1. The average molecular weight is 771 g/mol. The van der Waals surface area contributed by atoms with Crippen LogP contribution in [0.3, 0.4) is 0 Å². The molecule has 0 saturated carbocycles. The molecule has 272 valence electrons. The van der Waals surface area contributed by atoms with Gasteiger partial charge >= 0.3 is 18.5 Å². The van der Waals surface area contributed by atoms with Crippen molar-refractivity contribution >= 4 is 30.1 Å². The molecule has 0 aliphatic rings. The number of benzene rings is 3. The van der Waals surface area contributed by atoms with Gasteiger partial charge in [0.25, 0.3) is 0 Å². The second-order valence-electron chi connectivity index (χ2n) is 10.1. The first-order valence-electron chi connectivity index (χ1n) is 13.6. The molecule has 0 radical (unpaired) electrons. The van der Waals surface area contributed by atoms with Crippen molar-refractivity contribution in [3.05, 3.63) is 89.5 Å². The number of rotatable bonds is 15. The molecule has 0 bridgehead atoms. The molecule has 0 unspecified atom stereocenters. The zero-order valence-corrected chi connectivity index (χ0v) is 27.1. The zero-order chi connectivity index (χ0) is 36.9. The van der Waals surface area contributed by atoms with Crippen LogP contribution in [0, 0.1) is 0 Å². The van der Waals surface area contributed by atoms with Crippen LogP contribution in [0.25, 0.3) is 0 Å². The summed E-state index contributed by atoms with van der Waals surface area (Å²) in [6.07, 6.45) is -14.5. The third kappa shape index (κ3) is 11.6. The summed E-state index contributed by atoms with van der Waals surface area (Å²) in [6, 6.07) is 8.47. The summed E-state index contributed by atoms with van der Waals surface area (Å²) >= 11 is 0. The van der Waals surface area contributed by atoms with Crippen molar-refractivity contribution in [1.29, 1.82) is 0 Å². The van der Waals surface area contributed by atoms with E-state index in [1.165, 1.54) is 4.90 Å². The molecular formula is C27H27F9N4O6S3. The van der Waals surface area contributed by atoms with E-state index >= 15 is 0 Å². The molecule has 0 aliphatic heterocycles. The number of nitrogens with one attached hydrogen (secondary N) is 3. The fourth-order valence-electron chi connectivity index (χ4n) is 4.12. The van der Waals surface area contributed by atoms with Gasteiger partial charge in [-0.3, -0.25) is 4.90 Å². The van der Waals surface area contributed by atoms with Crippen LogP contribution >= 0.6 is 0 Å². The minimum atomic E-state index is -4.84. The van der Waals surface area contributed by atoms with Gasteiger partial charge in [-0.1, -0.05) is 18.2 Å². The molecular weight excluding hydrogens is 744 g/mol. The van der Waals surface area contributed by atoms with Crippen molar-refractivity contribution in [2.45, 2.75) is 33.2 Å². The van der Waals surface area contributed by atoms with Gasteiger partial charge in [-0.15, -0.1) is 0 Å². The van der Waals surface area contributed by atoms with Gasteiger partial charge in [-0.25, -0.2) is 39.4 Å². The Morgan fingerprint density at radius 1 is 0.449 bits per heavy atom. The molecule has 0 aliphatic carbocycles. The lowest BCUT2D eigenvalue weighted by Crippen LogP contribution is -2.43. The van der Waals surface area contributed by atoms with Crippen LogP contribution in [0.5, 0.6) is 0 Å².